The van der Waals surface area contributed by atoms with E-state index in [9.17, 15) is 9.59 Å². The van der Waals surface area contributed by atoms with Crippen molar-refractivity contribution in [2.45, 2.75) is 18.9 Å². The van der Waals surface area contributed by atoms with E-state index >= 15 is 0 Å². The summed E-state index contributed by atoms with van der Waals surface area (Å²) < 4.78 is 0. The molecule has 0 spiro atoms. The summed E-state index contributed by atoms with van der Waals surface area (Å²) in [5.41, 5.74) is 0. The lowest BCUT2D eigenvalue weighted by molar-refractivity contribution is -0.142. The van der Waals surface area contributed by atoms with Crippen molar-refractivity contribution in [1.29, 1.82) is 0 Å². The molecule has 15 heavy (non-hydrogen) atoms. The SMILES string of the molecule is CN1CC(C(=O)O)CN(C2CC2)CC1=O. The zero-order valence-electron chi connectivity index (χ0n) is 8.85. The van der Waals surface area contributed by atoms with Crippen LogP contribution in [0.25, 0.3) is 0 Å². The number of hydrogen-bond acceptors (Lipinski definition) is 3. The fourth-order valence-corrected chi connectivity index (χ4v) is 2.01. The van der Waals surface area contributed by atoms with Crippen LogP contribution in [0, 0.1) is 5.92 Å². The van der Waals surface area contributed by atoms with Crippen molar-refractivity contribution in [3.05, 3.63) is 0 Å². The van der Waals surface area contributed by atoms with E-state index in [2.05, 4.69) is 0 Å². The number of carboxylic acid groups (broad SMARTS) is 1. The summed E-state index contributed by atoms with van der Waals surface area (Å²) in [4.78, 5) is 26.1. The highest BCUT2D eigenvalue weighted by molar-refractivity contribution is 5.80. The van der Waals surface area contributed by atoms with Gasteiger partial charge in [-0.25, -0.2) is 0 Å². The Hall–Kier alpha value is -1.10. The predicted molar refractivity (Wildman–Crippen MR) is 53.4 cm³/mol. The van der Waals surface area contributed by atoms with Gasteiger partial charge >= 0.3 is 5.97 Å². The van der Waals surface area contributed by atoms with Crippen LogP contribution in [0.1, 0.15) is 12.8 Å². The van der Waals surface area contributed by atoms with Gasteiger partial charge in [0.2, 0.25) is 5.91 Å². The maximum absolute atomic E-state index is 11.6. The zero-order valence-corrected chi connectivity index (χ0v) is 8.85. The van der Waals surface area contributed by atoms with Crippen molar-refractivity contribution >= 4 is 11.9 Å². The zero-order chi connectivity index (χ0) is 11.0. The molecule has 1 N–H and O–H groups in total. The van der Waals surface area contributed by atoms with Crippen LogP contribution in [0.4, 0.5) is 0 Å². The van der Waals surface area contributed by atoms with Gasteiger partial charge in [0.25, 0.3) is 0 Å². The number of aliphatic carboxylic acids is 1. The van der Waals surface area contributed by atoms with Gasteiger partial charge in [-0.05, 0) is 12.8 Å². The van der Waals surface area contributed by atoms with Gasteiger partial charge in [-0.2, -0.15) is 0 Å². The summed E-state index contributed by atoms with van der Waals surface area (Å²) in [5, 5.41) is 9.02. The monoisotopic (exact) mass is 212 g/mol. The summed E-state index contributed by atoms with van der Waals surface area (Å²) in [7, 11) is 1.68. The van der Waals surface area contributed by atoms with Crippen molar-refractivity contribution in [2.24, 2.45) is 5.92 Å². The Balaban J connectivity index is 2.08. The molecule has 0 aromatic rings. The second-order valence-corrected chi connectivity index (χ2v) is 4.47. The first-order chi connectivity index (χ1) is 7.08. The van der Waals surface area contributed by atoms with Gasteiger partial charge in [0, 0.05) is 26.2 Å². The van der Waals surface area contributed by atoms with Gasteiger partial charge in [0.05, 0.1) is 12.5 Å². The molecule has 1 aliphatic heterocycles. The van der Waals surface area contributed by atoms with E-state index in [4.69, 9.17) is 5.11 Å². The first-order valence-electron chi connectivity index (χ1n) is 5.28. The summed E-state index contributed by atoms with van der Waals surface area (Å²) in [6.07, 6.45) is 2.20. The minimum Gasteiger partial charge on any atom is -0.481 e. The third kappa shape index (κ3) is 2.28. The third-order valence-electron chi connectivity index (χ3n) is 3.13. The van der Waals surface area contributed by atoms with Crippen LogP contribution in [0.3, 0.4) is 0 Å². The van der Waals surface area contributed by atoms with Crippen LogP contribution in [0.2, 0.25) is 0 Å². The predicted octanol–water partition coefficient (Wildman–Crippen LogP) is -0.376. The molecule has 0 aromatic carbocycles. The van der Waals surface area contributed by atoms with Crippen LogP contribution in [0.15, 0.2) is 0 Å². The minimum atomic E-state index is -0.804. The van der Waals surface area contributed by atoms with Gasteiger partial charge in [0.1, 0.15) is 0 Å². The summed E-state index contributed by atoms with van der Waals surface area (Å²) in [6, 6.07) is 0.447. The van der Waals surface area contributed by atoms with Gasteiger partial charge < -0.3 is 10.0 Å². The summed E-state index contributed by atoms with van der Waals surface area (Å²) in [6.45, 7) is 1.22. The van der Waals surface area contributed by atoms with Crippen molar-refractivity contribution in [2.75, 3.05) is 26.7 Å². The second kappa shape index (κ2) is 3.81. The number of nitrogens with zero attached hydrogens (tertiary/aromatic N) is 2. The fourth-order valence-electron chi connectivity index (χ4n) is 2.01. The lowest BCUT2D eigenvalue weighted by Crippen LogP contribution is -2.35. The highest BCUT2D eigenvalue weighted by Crippen LogP contribution is 2.28. The molecule has 0 radical (unpaired) electrons. The van der Waals surface area contributed by atoms with E-state index in [0.717, 1.165) is 12.8 Å². The smallest absolute Gasteiger partial charge is 0.309 e. The number of rotatable bonds is 2. The lowest BCUT2D eigenvalue weighted by Gasteiger charge is -2.19. The van der Waals surface area contributed by atoms with E-state index < -0.39 is 11.9 Å². The average Bonchev–Trinajstić information content (AvgIpc) is 2.95. The number of likely N-dealkylation sites (N-methyl/N-ethyl adjacent to an activating group) is 1. The average molecular weight is 212 g/mol. The van der Waals surface area contributed by atoms with Crippen LogP contribution < -0.4 is 0 Å². The van der Waals surface area contributed by atoms with E-state index in [1.165, 1.54) is 4.90 Å². The molecule has 5 nitrogen and oxygen atoms in total. The molecule has 1 saturated carbocycles. The van der Waals surface area contributed by atoms with Crippen LogP contribution in [0.5, 0.6) is 0 Å². The molecular weight excluding hydrogens is 196 g/mol. The van der Waals surface area contributed by atoms with Gasteiger partial charge in [0.15, 0.2) is 0 Å². The Morgan fingerprint density at radius 2 is 2.07 bits per heavy atom. The molecule has 1 atom stereocenters. The topological polar surface area (TPSA) is 60.9 Å². The molecule has 1 heterocycles. The molecule has 84 valence electrons. The molecule has 5 heteroatoms. The number of amides is 1. The summed E-state index contributed by atoms with van der Waals surface area (Å²) in [5.74, 6) is -1.21. The van der Waals surface area contributed by atoms with Gasteiger partial charge in [-0.3, -0.25) is 14.5 Å². The molecule has 2 fully saturated rings. The van der Waals surface area contributed by atoms with Crippen LogP contribution in [-0.4, -0.2) is 59.5 Å². The van der Waals surface area contributed by atoms with Crippen molar-refractivity contribution < 1.29 is 14.7 Å². The molecule has 0 bridgehead atoms. The fraction of sp³-hybridized carbons (Fsp3) is 0.800. The maximum atomic E-state index is 11.6. The van der Waals surface area contributed by atoms with Crippen molar-refractivity contribution in [3.63, 3.8) is 0 Å². The van der Waals surface area contributed by atoms with E-state index in [-0.39, 0.29) is 5.91 Å². The number of carboxylic acids is 1. The Morgan fingerprint density at radius 1 is 1.40 bits per heavy atom. The van der Waals surface area contributed by atoms with E-state index in [1.54, 1.807) is 7.05 Å². The third-order valence-corrected chi connectivity index (χ3v) is 3.13. The molecule has 1 saturated heterocycles. The molecule has 2 rings (SSSR count). The maximum Gasteiger partial charge on any atom is 0.309 e. The Kier molecular flexibility index (Phi) is 2.65. The number of carbonyl (C=O) groups excluding carboxylic acids is 1. The second-order valence-electron chi connectivity index (χ2n) is 4.47. The van der Waals surface area contributed by atoms with Gasteiger partial charge in [-0.1, -0.05) is 0 Å². The largest absolute Gasteiger partial charge is 0.481 e. The van der Waals surface area contributed by atoms with E-state index in [0.29, 0.717) is 25.7 Å². The normalized spacial score (nSPS) is 29.0. The molecule has 0 aromatic heterocycles. The Morgan fingerprint density at radius 3 is 2.60 bits per heavy atom. The molecule has 2 aliphatic rings. The van der Waals surface area contributed by atoms with Crippen molar-refractivity contribution in [3.8, 4) is 0 Å². The number of hydrogen-bond donors (Lipinski definition) is 1. The molecule has 1 unspecified atom stereocenters. The lowest BCUT2D eigenvalue weighted by atomic mass is 10.1. The summed E-state index contributed by atoms with van der Waals surface area (Å²) >= 11 is 0. The van der Waals surface area contributed by atoms with Crippen LogP contribution >= 0.6 is 0 Å². The van der Waals surface area contributed by atoms with Crippen molar-refractivity contribution in [1.82, 2.24) is 9.80 Å². The first kappa shape index (κ1) is 10.4. The van der Waals surface area contributed by atoms with Crippen LogP contribution in [-0.2, 0) is 9.59 Å². The molecule has 1 aliphatic carbocycles. The highest BCUT2D eigenvalue weighted by atomic mass is 16.4. The standard InChI is InChI=1S/C10H16N2O3/c1-11-4-7(10(14)15)5-12(6-9(11)13)8-2-3-8/h7-8H,2-6H2,1H3,(H,14,15). The molecular formula is C10H16N2O3. The van der Waals surface area contributed by atoms with E-state index in [1.807, 2.05) is 4.90 Å². The Bertz CT molecular complexity index is 288. The first-order valence-corrected chi connectivity index (χ1v) is 5.28. The van der Waals surface area contributed by atoms with Gasteiger partial charge in [-0.15, -0.1) is 0 Å². The highest BCUT2D eigenvalue weighted by Gasteiger charge is 2.37. The quantitative estimate of drug-likeness (QED) is 0.678. The Labute approximate surface area is 88.6 Å². The minimum absolute atomic E-state index is 0.0330. The molecule has 1 amide bonds. The number of carbonyl (C=O) groups is 2.